The van der Waals surface area contributed by atoms with E-state index in [2.05, 4.69) is 4.98 Å². The van der Waals surface area contributed by atoms with Gasteiger partial charge in [-0.2, -0.15) is 0 Å². The van der Waals surface area contributed by atoms with Gasteiger partial charge in [0.25, 0.3) is 0 Å². The van der Waals surface area contributed by atoms with E-state index in [-0.39, 0.29) is 5.82 Å². The number of halogens is 2. The monoisotopic (exact) mass is 275 g/mol. The van der Waals surface area contributed by atoms with Crippen molar-refractivity contribution in [2.75, 3.05) is 5.73 Å². The van der Waals surface area contributed by atoms with Crippen LogP contribution in [0.4, 0.5) is 10.3 Å². The third kappa shape index (κ3) is 1.85. The first-order valence-electron chi connectivity index (χ1n) is 5.77. The molecule has 0 spiro atoms. The quantitative estimate of drug-likeness (QED) is 0.736. The van der Waals surface area contributed by atoms with Crippen LogP contribution in [0.25, 0.3) is 16.7 Å². The van der Waals surface area contributed by atoms with E-state index in [0.717, 1.165) is 16.6 Å². The first-order chi connectivity index (χ1) is 9.08. The fourth-order valence-electron chi connectivity index (χ4n) is 2.17. The minimum Gasteiger partial charge on any atom is -0.369 e. The Kier molecular flexibility index (Phi) is 2.68. The summed E-state index contributed by atoms with van der Waals surface area (Å²) in [6.45, 7) is 1.96. The highest BCUT2D eigenvalue weighted by atomic mass is 35.5. The molecule has 1 heterocycles. The summed E-state index contributed by atoms with van der Waals surface area (Å²) in [7, 11) is 0. The molecule has 3 aromatic rings. The van der Waals surface area contributed by atoms with E-state index in [4.69, 9.17) is 17.3 Å². The first-order valence-corrected chi connectivity index (χ1v) is 6.14. The Morgan fingerprint density at radius 3 is 2.79 bits per heavy atom. The van der Waals surface area contributed by atoms with Crippen LogP contribution in [0.2, 0.25) is 5.02 Å². The molecule has 0 saturated carbocycles. The van der Waals surface area contributed by atoms with E-state index < -0.39 is 0 Å². The standard InChI is InChI=1S/C14H11ClFN3/c1-8-3-2-4-12-13(8)18-14(17)19(12)11-6-5-9(16)7-10(11)15/h2-7H,1H3,(H2,17,18). The zero-order valence-corrected chi connectivity index (χ0v) is 10.9. The number of aryl methyl sites for hydroxylation is 1. The molecular weight excluding hydrogens is 265 g/mol. The Labute approximate surface area is 114 Å². The maximum absolute atomic E-state index is 13.1. The van der Waals surface area contributed by atoms with Gasteiger partial charge in [0, 0.05) is 0 Å². The summed E-state index contributed by atoms with van der Waals surface area (Å²) in [5.41, 5.74) is 9.28. The molecule has 2 N–H and O–H groups in total. The highest BCUT2D eigenvalue weighted by molar-refractivity contribution is 6.32. The van der Waals surface area contributed by atoms with Crippen molar-refractivity contribution in [3.05, 3.63) is 52.8 Å². The van der Waals surface area contributed by atoms with Crippen LogP contribution in [-0.2, 0) is 0 Å². The lowest BCUT2D eigenvalue weighted by Gasteiger charge is -2.08. The molecule has 19 heavy (non-hydrogen) atoms. The van der Waals surface area contributed by atoms with Gasteiger partial charge >= 0.3 is 0 Å². The van der Waals surface area contributed by atoms with Gasteiger partial charge in [0.2, 0.25) is 5.95 Å². The molecule has 0 saturated heterocycles. The normalized spacial score (nSPS) is 11.1. The second-order valence-corrected chi connectivity index (χ2v) is 4.75. The Morgan fingerprint density at radius 1 is 1.26 bits per heavy atom. The zero-order valence-electron chi connectivity index (χ0n) is 10.2. The summed E-state index contributed by atoms with van der Waals surface area (Å²) < 4.78 is 14.9. The lowest BCUT2D eigenvalue weighted by Crippen LogP contribution is -2.01. The molecule has 0 atom stereocenters. The van der Waals surface area contributed by atoms with Crippen molar-refractivity contribution in [1.82, 2.24) is 9.55 Å². The number of nitrogens with zero attached hydrogens (tertiary/aromatic N) is 2. The number of nitrogens with two attached hydrogens (primary N) is 1. The number of hydrogen-bond acceptors (Lipinski definition) is 2. The topological polar surface area (TPSA) is 43.8 Å². The highest BCUT2D eigenvalue weighted by Crippen LogP contribution is 2.29. The third-order valence-corrected chi connectivity index (χ3v) is 3.37. The van der Waals surface area contributed by atoms with Gasteiger partial charge in [0.15, 0.2) is 0 Å². The van der Waals surface area contributed by atoms with E-state index in [0.29, 0.717) is 16.7 Å². The van der Waals surface area contributed by atoms with Crippen LogP contribution >= 0.6 is 11.6 Å². The Morgan fingerprint density at radius 2 is 2.05 bits per heavy atom. The molecule has 0 aliphatic heterocycles. The van der Waals surface area contributed by atoms with Gasteiger partial charge in [0.1, 0.15) is 5.82 Å². The van der Waals surface area contributed by atoms with Gasteiger partial charge in [-0.15, -0.1) is 0 Å². The van der Waals surface area contributed by atoms with Crippen LogP contribution in [-0.4, -0.2) is 9.55 Å². The molecule has 3 rings (SSSR count). The summed E-state index contributed by atoms with van der Waals surface area (Å²) in [6, 6.07) is 10.0. The summed E-state index contributed by atoms with van der Waals surface area (Å²) in [5, 5.41) is 0.299. The lowest BCUT2D eigenvalue weighted by atomic mass is 10.2. The second kappa shape index (κ2) is 4.24. The molecule has 0 aliphatic carbocycles. The number of imidazole rings is 1. The predicted molar refractivity (Wildman–Crippen MR) is 75.2 cm³/mol. The maximum Gasteiger partial charge on any atom is 0.205 e. The zero-order chi connectivity index (χ0) is 13.6. The molecule has 0 unspecified atom stereocenters. The SMILES string of the molecule is Cc1cccc2c1nc(N)n2-c1ccc(F)cc1Cl. The smallest absolute Gasteiger partial charge is 0.205 e. The van der Waals surface area contributed by atoms with Crippen molar-refractivity contribution in [3.8, 4) is 5.69 Å². The molecule has 0 amide bonds. The van der Waals surface area contributed by atoms with E-state index in [9.17, 15) is 4.39 Å². The van der Waals surface area contributed by atoms with Crippen molar-refractivity contribution in [2.45, 2.75) is 6.92 Å². The fourth-order valence-corrected chi connectivity index (χ4v) is 2.42. The van der Waals surface area contributed by atoms with E-state index >= 15 is 0 Å². The summed E-state index contributed by atoms with van der Waals surface area (Å²) >= 11 is 6.09. The van der Waals surface area contributed by atoms with Crippen LogP contribution in [0.15, 0.2) is 36.4 Å². The number of anilines is 1. The minimum absolute atomic E-state index is 0.299. The molecule has 0 aliphatic rings. The number of para-hydroxylation sites is 1. The van der Waals surface area contributed by atoms with Crippen molar-refractivity contribution in [1.29, 1.82) is 0 Å². The molecule has 96 valence electrons. The Bertz CT molecular complexity index is 780. The number of aromatic nitrogens is 2. The summed E-state index contributed by atoms with van der Waals surface area (Å²) in [6.07, 6.45) is 0. The molecule has 1 aromatic heterocycles. The predicted octanol–water partition coefficient (Wildman–Crippen LogP) is 3.71. The third-order valence-electron chi connectivity index (χ3n) is 3.06. The van der Waals surface area contributed by atoms with Crippen molar-refractivity contribution < 1.29 is 4.39 Å². The Hall–Kier alpha value is -2.07. The van der Waals surface area contributed by atoms with Crippen LogP contribution in [0.3, 0.4) is 0 Å². The van der Waals surface area contributed by atoms with Gasteiger partial charge in [-0.3, -0.25) is 4.57 Å². The van der Waals surface area contributed by atoms with Crippen LogP contribution in [0.5, 0.6) is 0 Å². The average Bonchev–Trinajstić information content (AvgIpc) is 2.68. The molecule has 0 bridgehead atoms. The first kappa shape index (κ1) is 12.0. The maximum atomic E-state index is 13.1. The molecule has 0 fully saturated rings. The molecule has 0 radical (unpaired) electrons. The van der Waals surface area contributed by atoms with E-state index in [1.54, 1.807) is 10.6 Å². The van der Waals surface area contributed by atoms with Crippen LogP contribution in [0, 0.1) is 12.7 Å². The van der Waals surface area contributed by atoms with Gasteiger partial charge in [-0.05, 0) is 36.8 Å². The number of hydrogen-bond donors (Lipinski definition) is 1. The van der Waals surface area contributed by atoms with E-state index in [1.807, 2.05) is 25.1 Å². The average molecular weight is 276 g/mol. The number of fused-ring (bicyclic) bond motifs is 1. The van der Waals surface area contributed by atoms with Crippen LogP contribution < -0.4 is 5.73 Å². The number of nitrogen functional groups attached to an aromatic ring is 1. The number of benzene rings is 2. The number of rotatable bonds is 1. The lowest BCUT2D eigenvalue weighted by molar-refractivity contribution is 0.627. The molecule has 3 nitrogen and oxygen atoms in total. The van der Waals surface area contributed by atoms with Gasteiger partial charge in [-0.1, -0.05) is 23.7 Å². The Balaban J connectivity index is 2.36. The van der Waals surface area contributed by atoms with Gasteiger partial charge in [0.05, 0.1) is 21.7 Å². The highest BCUT2D eigenvalue weighted by Gasteiger charge is 2.14. The largest absolute Gasteiger partial charge is 0.369 e. The molecule has 5 heteroatoms. The second-order valence-electron chi connectivity index (χ2n) is 4.34. The van der Waals surface area contributed by atoms with Crippen molar-refractivity contribution in [3.63, 3.8) is 0 Å². The van der Waals surface area contributed by atoms with Crippen molar-refractivity contribution in [2.24, 2.45) is 0 Å². The van der Waals surface area contributed by atoms with Crippen molar-refractivity contribution >= 4 is 28.6 Å². The summed E-state index contributed by atoms with van der Waals surface area (Å²) in [4.78, 5) is 4.34. The van der Waals surface area contributed by atoms with E-state index in [1.165, 1.54) is 12.1 Å². The van der Waals surface area contributed by atoms with Gasteiger partial charge < -0.3 is 5.73 Å². The summed E-state index contributed by atoms with van der Waals surface area (Å²) in [5.74, 6) is -0.0502. The molecular formula is C14H11ClFN3. The minimum atomic E-state index is -0.382. The fraction of sp³-hybridized carbons (Fsp3) is 0.0714. The van der Waals surface area contributed by atoms with Gasteiger partial charge in [-0.25, -0.2) is 9.37 Å². The molecule has 2 aromatic carbocycles. The van der Waals surface area contributed by atoms with Crippen LogP contribution in [0.1, 0.15) is 5.56 Å².